The van der Waals surface area contributed by atoms with Gasteiger partial charge in [0.15, 0.2) is 0 Å². The molecule has 4 nitrogen and oxygen atoms in total. The van der Waals surface area contributed by atoms with Crippen molar-refractivity contribution in [1.29, 1.82) is 0 Å². The van der Waals surface area contributed by atoms with Crippen LogP contribution in [-0.4, -0.2) is 6.41 Å². The zero-order valence-electron chi connectivity index (χ0n) is 10.00. The Morgan fingerprint density at radius 1 is 1.00 bits per heavy atom. The van der Waals surface area contributed by atoms with Gasteiger partial charge in [0.1, 0.15) is 0 Å². The van der Waals surface area contributed by atoms with Gasteiger partial charge in [0.05, 0.1) is 11.4 Å². The smallest absolute Gasteiger partial charge is 0.211 e. The Balaban J connectivity index is 2.18. The van der Waals surface area contributed by atoms with Gasteiger partial charge in [-0.25, -0.2) is 0 Å². The van der Waals surface area contributed by atoms with Gasteiger partial charge >= 0.3 is 0 Å². The number of benzene rings is 2. The maximum atomic E-state index is 10.4. The third-order valence-corrected chi connectivity index (χ3v) is 2.46. The van der Waals surface area contributed by atoms with Gasteiger partial charge in [0.25, 0.3) is 0 Å². The maximum absolute atomic E-state index is 10.4. The first-order valence-corrected chi connectivity index (χ1v) is 5.57. The lowest BCUT2D eigenvalue weighted by molar-refractivity contribution is -0.105. The highest BCUT2D eigenvalue weighted by atomic mass is 16.1. The van der Waals surface area contributed by atoms with Gasteiger partial charge < -0.3 is 5.32 Å². The van der Waals surface area contributed by atoms with Gasteiger partial charge in [-0.05, 0) is 42.8 Å². The predicted octanol–water partition coefficient (Wildman–Crippen LogP) is 3.98. The SMILES string of the molecule is Cc1cc(N=Nc2ccccc2)ccc1NC=O. The molecule has 2 rings (SSSR count). The standard InChI is InChI=1S/C14H13N3O/c1-11-9-13(7-8-14(11)15-10-18)17-16-12-5-3-2-4-6-12/h2-10H,1H3,(H,15,18). The van der Waals surface area contributed by atoms with Crippen LogP contribution in [0.25, 0.3) is 0 Å². The first-order valence-electron chi connectivity index (χ1n) is 5.57. The van der Waals surface area contributed by atoms with Gasteiger partial charge in [-0.1, -0.05) is 18.2 Å². The highest BCUT2D eigenvalue weighted by Crippen LogP contribution is 2.23. The van der Waals surface area contributed by atoms with Gasteiger partial charge in [-0.3, -0.25) is 4.79 Å². The lowest BCUT2D eigenvalue weighted by Gasteiger charge is -2.03. The van der Waals surface area contributed by atoms with Gasteiger partial charge in [-0.15, -0.1) is 0 Å². The van der Waals surface area contributed by atoms with Crippen molar-refractivity contribution in [3.63, 3.8) is 0 Å². The van der Waals surface area contributed by atoms with Crippen molar-refractivity contribution in [2.75, 3.05) is 5.32 Å². The van der Waals surface area contributed by atoms with E-state index >= 15 is 0 Å². The van der Waals surface area contributed by atoms with Crippen LogP contribution in [0.3, 0.4) is 0 Å². The van der Waals surface area contributed by atoms with E-state index in [1.807, 2.05) is 55.5 Å². The average Bonchev–Trinajstić information content (AvgIpc) is 2.41. The van der Waals surface area contributed by atoms with Crippen LogP contribution in [0.1, 0.15) is 5.56 Å². The molecule has 1 amide bonds. The second-order valence-electron chi connectivity index (χ2n) is 3.80. The Kier molecular flexibility index (Phi) is 3.81. The fourth-order valence-corrected chi connectivity index (χ4v) is 1.55. The lowest BCUT2D eigenvalue weighted by Crippen LogP contribution is -1.95. The Labute approximate surface area is 105 Å². The van der Waals surface area contributed by atoms with Crippen LogP contribution < -0.4 is 5.32 Å². The van der Waals surface area contributed by atoms with Crippen LogP contribution in [0.15, 0.2) is 58.8 Å². The summed E-state index contributed by atoms with van der Waals surface area (Å²) in [5.41, 5.74) is 3.30. The molecule has 0 unspecified atom stereocenters. The van der Waals surface area contributed by atoms with Crippen LogP contribution in [0.5, 0.6) is 0 Å². The number of hydrogen-bond acceptors (Lipinski definition) is 3. The van der Waals surface area contributed by atoms with E-state index in [1.165, 1.54) is 0 Å². The predicted molar refractivity (Wildman–Crippen MR) is 71.5 cm³/mol. The molecule has 0 fully saturated rings. The van der Waals surface area contributed by atoms with Crippen molar-refractivity contribution in [2.45, 2.75) is 6.92 Å². The number of carbonyl (C=O) groups is 1. The van der Waals surface area contributed by atoms with E-state index in [4.69, 9.17) is 0 Å². The molecule has 0 aliphatic rings. The fraction of sp³-hybridized carbons (Fsp3) is 0.0714. The Morgan fingerprint density at radius 2 is 1.72 bits per heavy atom. The second kappa shape index (κ2) is 5.72. The van der Waals surface area contributed by atoms with Gasteiger partial charge in [-0.2, -0.15) is 10.2 Å². The summed E-state index contributed by atoms with van der Waals surface area (Å²) in [7, 11) is 0. The van der Waals surface area contributed by atoms with Crippen LogP contribution in [0.2, 0.25) is 0 Å². The average molecular weight is 239 g/mol. The van der Waals surface area contributed by atoms with Crippen LogP contribution >= 0.6 is 0 Å². The minimum absolute atomic E-state index is 0.660. The van der Waals surface area contributed by atoms with E-state index < -0.39 is 0 Å². The largest absolute Gasteiger partial charge is 0.328 e. The summed E-state index contributed by atoms with van der Waals surface area (Å²) in [5, 5.41) is 10.9. The summed E-state index contributed by atoms with van der Waals surface area (Å²) >= 11 is 0. The number of anilines is 1. The van der Waals surface area contributed by atoms with Crippen molar-refractivity contribution in [1.82, 2.24) is 0 Å². The van der Waals surface area contributed by atoms with Crippen LogP contribution in [0.4, 0.5) is 17.1 Å². The normalized spacial score (nSPS) is 10.5. The van der Waals surface area contributed by atoms with Crippen LogP contribution in [0, 0.1) is 6.92 Å². The summed E-state index contributed by atoms with van der Waals surface area (Å²) in [6.07, 6.45) is 0.660. The molecule has 18 heavy (non-hydrogen) atoms. The zero-order valence-corrected chi connectivity index (χ0v) is 10.00. The van der Waals surface area contributed by atoms with Crippen molar-refractivity contribution in [3.8, 4) is 0 Å². The number of nitrogens with zero attached hydrogens (tertiary/aromatic N) is 2. The first kappa shape index (κ1) is 12.0. The number of rotatable bonds is 4. The minimum Gasteiger partial charge on any atom is -0.328 e. The molecule has 0 aliphatic heterocycles. The van der Waals surface area contributed by atoms with E-state index in [0.29, 0.717) is 6.41 Å². The Bertz CT molecular complexity index is 565. The highest BCUT2D eigenvalue weighted by molar-refractivity contribution is 5.74. The molecule has 0 radical (unpaired) electrons. The first-order chi connectivity index (χ1) is 8.79. The Morgan fingerprint density at radius 3 is 2.39 bits per heavy atom. The monoisotopic (exact) mass is 239 g/mol. The number of carbonyl (C=O) groups excluding carboxylic acids is 1. The molecule has 1 N–H and O–H groups in total. The number of aryl methyl sites for hydroxylation is 1. The molecule has 0 atom stereocenters. The lowest BCUT2D eigenvalue weighted by atomic mass is 10.2. The molecule has 0 aliphatic carbocycles. The third kappa shape index (κ3) is 3.01. The summed E-state index contributed by atoms with van der Waals surface area (Å²) in [6, 6.07) is 15.0. The topological polar surface area (TPSA) is 53.8 Å². The second-order valence-corrected chi connectivity index (χ2v) is 3.80. The van der Waals surface area contributed by atoms with Crippen molar-refractivity contribution >= 4 is 23.5 Å². The molecular weight excluding hydrogens is 226 g/mol. The quantitative estimate of drug-likeness (QED) is 0.636. The molecule has 0 bridgehead atoms. The molecule has 90 valence electrons. The van der Waals surface area contributed by atoms with Crippen molar-refractivity contribution in [2.24, 2.45) is 10.2 Å². The van der Waals surface area contributed by atoms with Crippen molar-refractivity contribution < 1.29 is 4.79 Å². The van der Waals surface area contributed by atoms with E-state index in [0.717, 1.165) is 22.6 Å². The molecule has 0 aromatic heterocycles. The minimum atomic E-state index is 0.660. The molecule has 4 heteroatoms. The van der Waals surface area contributed by atoms with Crippen molar-refractivity contribution in [3.05, 3.63) is 54.1 Å². The summed E-state index contributed by atoms with van der Waals surface area (Å²) in [5.74, 6) is 0. The van der Waals surface area contributed by atoms with E-state index in [1.54, 1.807) is 0 Å². The summed E-state index contributed by atoms with van der Waals surface area (Å²) in [4.78, 5) is 10.4. The van der Waals surface area contributed by atoms with E-state index in [-0.39, 0.29) is 0 Å². The molecule has 2 aromatic carbocycles. The number of nitrogens with one attached hydrogen (secondary N) is 1. The summed E-state index contributed by atoms with van der Waals surface area (Å²) in [6.45, 7) is 1.91. The third-order valence-electron chi connectivity index (χ3n) is 2.46. The van der Waals surface area contributed by atoms with E-state index in [2.05, 4.69) is 15.5 Å². The molecular formula is C14H13N3O. The molecule has 0 spiro atoms. The van der Waals surface area contributed by atoms with Gasteiger partial charge in [0.2, 0.25) is 6.41 Å². The highest BCUT2D eigenvalue weighted by Gasteiger charge is 1.98. The van der Waals surface area contributed by atoms with Gasteiger partial charge in [0, 0.05) is 5.69 Å². The molecule has 0 heterocycles. The maximum Gasteiger partial charge on any atom is 0.211 e. The van der Waals surface area contributed by atoms with Crippen LogP contribution in [-0.2, 0) is 4.79 Å². The van der Waals surface area contributed by atoms with E-state index in [9.17, 15) is 4.79 Å². The molecule has 2 aromatic rings. The Hall–Kier alpha value is -2.49. The number of azo groups is 1. The number of hydrogen-bond donors (Lipinski definition) is 1. The molecule has 0 saturated carbocycles. The zero-order chi connectivity index (χ0) is 12.8. The molecule has 0 saturated heterocycles. The number of amides is 1. The fourth-order valence-electron chi connectivity index (χ4n) is 1.55. The summed E-state index contributed by atoms with van der Waals surface area (Å²) < 4.78 is 0.